The molecular formula is C10H16N3O3-. The number of likely N-dealkylation sites (N-methyl/N-ethyl adjacent to an activating group) is 1. The van der Waals surface area contributed by atoms with Crippen molar-refractivity contribution in [3.8, 4) is 0 Å². The van der Waals surface area contributed by atoms with Gasteiger partial charge in [-0.05, 0) is 19.1 Å². The molecule has 0 amide bonds. The number of pyridine rings is 1. The smallest absolute Gasteiger partial charge is 0.128 e. The van der Waals surface area contributed by atoms with E-state index in [1.807, 2.05) is 18.9 Å². The Labute approximate surface area is 94.6 Å². The van der Waals surface area contributed by atoms with E-state index in [2.05, 4.69) is 4.98 Å². The highest BCUT2D eigenvalue weighted by Gasteiger charge is 2.02. The Bertz CT molecular complexity index is 303. The molecule has 0 spiro atoms. The third-order valence-corrected chi connectivity index (χ3v) is 2.12. The third-order valence-electron chi connectivity index (χ3n) is 2.12. The number of anilines is 2. The first kappa shape index (κ1) is 12.7. The summed E-state index contributed by atoms with van der Waals surface area (Å²) < 4.78 is 5.22. The maximum absolute atomic E-state index is 10.5. The first-order valence-corrected chi connectivity index (χ1v) is 5.06. The van der Waals surface area contributed by atoms with Crippen LogP contribution in [0.1, 0.15) is 6.92 Å². The fourth-order valence-electron chi connectivity index (χ4n) is 1.18. The minimum atomic E-state index is -0.211. The van der Waals surface area contributed by atoms with E-state index in [1.54, 1.807) is 6.07 Å². The van der Waals surface area contributed by atoms with Gasteiger partial charge < -0.3 is 20.1 Å². The van der Waals surface area contributed by atoms with Crippen molar-refractivity contribution < 1.29 is 9.94 Å². The molecule has 1 N–H and O–H groups in total. The quantitative estimate of drug-likeness (QED) is 0.581. The summed E-state index contributed by atoms with van der Waals surface area (Å²) >= 11 is 0. The summed E-state index contributed by atoms with van der Waals surface area (Å²) in [5.41, 5.74) is 0.113. The molecule has 16 heavy (non-hydrogen) atoms. The van der Waals surface area contributed by atoms with Crippen LogP contribution in [0.15, 0.2) is 18.3 Å². The summed E-state index contributed by atoms with van der Waals surface area (Å²) in [6.07, 6.45) is 1.32. The second-order valence-corrected chi connectivity index (χ2v) is 3.27. The second kappa shape index (κ2) is 6.26. The second-order valence-electron chi connectivity index (χ2n) is 3.27. The number of hydrogen-bond donors (Lipinski definition) is 1. The highest BCUT2D eigenvalue weighted by Crippen LogP contribution is 2.14. The van der Waals surface area contributed by atoms with E-state index in [1.165, 1.54) is 12.3 Å². The van der Waals surface area contributed by atoms with E-state index in [0.29, 0.717) is 13.2 Å². The maximum Gasteiger partial charge on any atom is 0.128 e. The summed E-state index contributed by atoms with van der Waals surface area (Å²) in [5, 5.41) is 19.0. The van der Waals surface area contributed by atoms with Gasteiger partial charge in [0.1, 0.15) is 5.82 Å². The Morgan fingerprint density at radius 2 is 2.25 bits per heavy atom. The lowest BCUT2D eigenvalue weighted by Gasteiger charge is -2.22. The molecule has 0 bridgehead atoms. The minimum Gasteiger partial charge on any atom is -0.733 e. The molecule has 90 valence electrons. The molecule has 1 aromatic heterocycles. The van der Waals surface area contributed by atoms with Crippen molar-refractivity contribution in [1.82, 2.24) is 4.98 Å². The van der Waals surface area contributed by atoms with E-state index in [-0.39, 0.29) is 10.9 Å². The van der Waals surface area contributed by atoms with Gasteiger partial charge in [0, 0.05) is 20.2 Å². The van der Waals surface area contributed by atoms with Crippen LogP contribution in [0.3, 0.4) is 0 Å². The molecule has 1 aromatic rings. The van der Waals surface area contributed by atoms with Crippen LogP contribution in [0.25, 0.3) is 0 Å². The van der Waals surface area contributed by atoms with E-state index < -0.39 is 0 Å². The van der Waals surface area contributed by atoms with E-state index in [9.17, 15) is 5.21 Å². The summed E-state index contributed by atoms with van der Waals surface area (Å²) in [7, 11) is 1.88. The Kier molecular flexibility index (Phi) is 4.97. The Hall–Kier alpha value is -1.37. The number of hydrogen-bond acceptors (Lipinski definition) is 6. The molecule has 0 radical (unpaired) electrons. The Balaban J connectivity index is 2.52. The van der Waals surface area contributed by atoms with E-state index >= 15 is 0 Å². The average molecular weight is 226 g/mol. The molecule has 1 heterocycles. The highest BCUT2D eigenvalue weighted by molar-refractivity contribution is 5.48. The summed E-state index contributed by atoms with van der Waals surface area (Å²) in [6.45, 7) is 3.98. The first-order valence-electron chi connectivity index (χ1n) is 5.06. The standard InChI is InChI=1S/C10H16N3O3/c1-3-16-7-6-12(2)10-5-4-9(8-11-10)13(14)15/h4-5,8,14H,3,6-7H2,1-2H3/q-1. The largest absolute Gasteiger partial charge is 0.733 e. The normalized spacial score (nSPS) is 10.2. The molecule has 0 aromatic carbocycles. The molecule has 0 saturated heterocycles. The molecular weight excluding hydrogens is 210 g/mol. The van der Waals surface area contributed by atoms with Crippen molar-refractivity contribution in [3.63, 3.8) is 0 Å². The van der Waals surface area contributed by atoms with Gasteiger partial charge in [0.25, 0.3) is 0 Å². The van der Waals surface area contributed by atoms with Crippen LogP contribution < -0.4 is 10.1 Å². The van der Waals surface area contributed by atoms with Gasteiger partial charge in [-0.2, -0.15) is 0 Å². The third kappa shape index (κ3) is 3.65. The number of rotatable bonds is 6. The van der Waals surface area contributed by atoms with Gasteiger partial charge in [-0.3, -0.25) is 5.21 Å². The number of ether oxygens (including phenoxy) is 1. The van der Waals surface area contributed by atoms with Gasteiger partial charge in [-0.15, -0.1) is 0 Å². The van der Waals surface area contributed by atoms with Gasteiger partial charge >= 0.3 is 0 Å². The Morgan fingerprint density at radius 3 is 2.75 bits per heavy atom. The lowest BCUT2D eigenvalue weighted by molar-refractivity contribution is 0.154. The zero-order valence-electron chi connectivity index (χ0n) is 9.46. The van der Waals surface area contributed by atoms with Crippen LogP contribution in [0.5, 0.6) is 0 Å². The van der Waals surface area contributed by atoms with Crippen LogP contribution in [0.4, 0.5) is 11.5 Å². The molecule has 0 saturated carbocycles. The van der Waals surface area contributed by atoms with Crippen LogP contribution >= 0.6 is 0 Å². The average Bonchev–Trinajstić information content (AvgIpc) is 2.29. The fourth-order valence-corrected chi connectivity index (χ4v) is 1.18. The molecule has 6 nitrogen and oxygen atoms in total. The van der Waals surface area contributed by atoms with Gasteiger partial charge in [0.2, 0.25) is 0 Å². The first-order chi connectivity index (χ1) is 7.65. The van der Waals surface area contributed by atoms with Crippen molar-refractivity contribution in [1.29, 1.82) is 0 Å². The van der Waals surface area contributed by atoms with Gasteiger partial charge in [0.15, 0.2) is 0 Å². The summed E-state index contributed by atoms with van der Waals surface area (Å²) in [4.78, 5) is 5.96. The number of nitrogens with zero attached hydrogens (tertiary/aromatic N) is 3. The minimum absolute atomic E-state index is 0.113. The van der Waals surface area contributed by atoms with Crippen LogP contribution in [0.2, 0.25) is 0 Å². The topological polar surface area (TPSA) is 71.9 Å². The van der Waals surface area contributed by atoms with E-state index in [0.717, 1.165) is 12.4 Å². The predicted octanol–water partition coefficient (Wildman–Crippen LogP) is 1.25. The van der Waals surface area contributed by atoms with Crippen LogP contribution in [0, 0.1) is 5.21 Å². The van der Waals surface area contributed by atoms with E-state index in [4.69, 9.17) is 9.94 Å². The lowest BCUT2D eigenvalue weighted by atomic mass is 10.4. The zero-order valence-corrected chi connectivity index (χ0v) is 9.46. The molecule has 0 atom stereocenters. The van der Waals surface area contributed by atoms with Crippen molar-refractivity contribution in [2.75, 3.05) is 36.9 Å². The van der Waals surface area contributed by atoms with Gasteiger partial charge in [-0.1, -0.05) is 0 Å². The lowest BCUT2D eigenvalue weighted by Crippen LogP contribution is -2.23. The molecule has 0 fully saturated rings. The molecule has 0 unspecified atom stereocenters. The molecule has 0 aliphatic heterocycles. The fraction of sp³-hybridized carbons (Fsp3) is 0.500. The number of aromatic nitrogens is 1. The molecule has 1 rings (SSSR count). The van der Waals surface area contributed by atoms with Crippen molar-refractivity contribution in [2.45, 2.75) is 6.92 Å². The summed E-state index contributed by atoms with van der Waals surface area (Å²) in [6, 6.07) is 3.18. The predicted molar refractivity (Wildman–Crippen MR) is 61.6 cm³/mol. The van der Waals surface area contributed by atoms with Crippen LogP contribution in [-0.2, 0) is 4.74 Å². The SMILES string of the molecule is CCOCCN(C)c1ccc(N([O-])O)cn1. The molecule has 0 aliphatic rings. The zero-order chi connectivity index (χ0) is 12.0. The van der Waals surface area contributed by atoms with Crippen molar-refractivity contribution in [3.05, 3.63) is 23.5 Å². The van der Waals surface area contributed by atoms with Gasteiger partial charge in [-0.25, -0.2) is 4.98 Å². The van der Waals surface area contributed by atoms with Gasteiger partial charge in [0.05, 0.1) is 18.5 Å². The highest BCUT2D eigenvalue weighted by atomic mass is 16.8. The monoisotopic (exact) mass is 226 g/mol. The maximum atomic E-state index is 10.5. The van der Waals surface area contributed by atoms with Crippen LogP contribution in [-0.4, -0.2) is 37.0 Å². The Morgan fingerprint density at radius 1 is 1.50 bits per heavy atom. The summed E-state index contributed by atoms with van der Waals surface area (Å²) in [5.74, 6) is 0.727. The molecule has 0 aliphatic carbocycles. The molecule has 6 heteroatoms. The van der Waals surface area contributed by atoms with Crippen molar-refractivity contribution in [2.24, 2.45) is 0 Å². The van der Waals surface area contributed by atoms with Crippen molar-refractivity contribution >= 4 is 11.5 Å².